The highest BCUT2D eigenvalue weighted by Crippen LogP contribution is 2.42. The van der Waals surface area contributed by atoms with Gasteiger partial charge in [-0.05, 0) is 42.7 Å². The molecule has 1 atom stereocenters. The molecule has 0 radical (unpaired) electrons. The number of ether oxygens (including phenoxy) is 1. The lowest BCUT2D eigenvalue weighted by atomic mass is 9.83. The lowest BCUT2D eigenvalue weighted by Gasteiger charge is -2.44. The molecule has 1 aromatic rings. The Labute approximate surface area is 121 Å². The van der Waals surface area contributed by atoms with E-state index in [4.69, 9.17) is 4.74 Å². The first kappa shape index (κ1) is 12.8. The first-order valence-electron chi connectivity index (χ1n) is 8.33. The van der Waals surface area contributed by atoms with Gasteiger partial charge >= 0.3 is 0 Å². The summed E-state index contributed by atoms with van der Waals surface area (Å²) in [5, 5.41) is 3.63. The van der Waals surface area contributed by atoms with Gasteiger partial charge in [-0.15, -0.1) is 0 Å². The van der Waals surface area contributed by atoms with Crippen LogP contribution in [-0.4, -0.2) is 18.7 Å². The molecule has 3 fully saturated rings. The fourth-order valence-electron chi connectivity index (χ4n) is 3.92. The zero-order chi connectivity index (χ0) is 13.4. The number of morpholine rings is 1. The standard InChI is InChI=1S/C18H25NO/c1-2-9-18(10-3-1)13-19-12-17(20-18)16-6-4-5-15(11-16)14-7-8-14/h4-6,11,14,17,19H,1-3,7-10,12-13H2. The number of hydrogen-bond donors (Lipinski definition) is 1. The summed E-state index contributed by atoms with van der Waals surface area (Å²) >= 11 is 0. The predicted octanol–water partition coefficient (Wildman–Crippen LogP) is 3.93. The minimum atomic E-state index is 0.122. The number of rotatable bonds is 2. The van der Waals surface area contributed by atoms with E-state index in [1.54, 1.807) is 0 Å². The van der Waals surface area contributed by atoms with E-state index in [1.165, 1.54) is 56.1 Å². The van der Waals surface area contributed by atoms with Crippen LogP contribution < -0.4 is 5.32 Å². The topological polar surface area (TPSA) is 21.3 Å². The lowest BCUT2D eigenvalue weighted by Crippen LogP contribution is -2.51. The van der Waals surface area contributed by atoms with E-state index in [2.05, 4.69) is 29.6 Å². The van der Waals surface area contributed by atoms with Crippen LogP contribution >= 0.6 is 0 Å². The van der Waals surface area contributed by atoms with Gasteiger partial charge in [-0.1, -0.05) is 43.5 Å². The smallest absolute Gasteiger partial charge is 0.0957 e. The van der Waals surface area contributed by atoms with Gasteiger partial charge in [0.25, 0.3) is 0 Å². The van der Waals surface area contributed by atoms with Gasteiger partial charge in [-0.25, -0.2) is 0 Å². The summed E-state index contributed by atoms with van der Waals surface area (Å²) in [6.07, 6.45) is 9.51. The first-order valence-corrected chi connectivity index (χ1v) is 8.33. The molecular formula is C18H25NO. The summed E-state index contributed by atoms with van der Waals surface area (Å²) in [5.41, 5.74) is 3.03. The predicted molar refractivity (Wildman–Crippen MR) is 80.9 cm³/mol. The normalized spacial score (nSPS) is 29.5. The molecule has 108 valence electrons. The Morgan fingerprint density at radius 2 is 1.85 bits per heavy atom. The van der Waals surface area contributed by atoms with Gasteiger partial charge in [0.1, 0.15) is 0 Å². The van der Waals surface area contributed by atoms with Crippen LogP contribution in [0.3, 0.4) is 0 Å². The van der Waals surface area contributed by atoms with Crippen LogP contribution in [0.15, 0.2) is 24.3 Å². The van der Waals surface area contributed by atoms with E-state index in [-0.39, 0.29) is 11.7 Å². The van der Waals surface area contributed by atoms with Crippen molar-refractivity contribution in [1.82, 2.24) is 5.32 Å². The molecule has 0 bridgehead atoms. The lowest BCUT2D eigenvalue weighted by molar-refractivity contribution is -0.135. The molecule has 0 amide bonds. The Morgan fingerprint density at radius 3 is 2.65 bits per heavy atom. The van der Waals surface area contributed by atoms with Crippen LogP contribution in [0.25, 0.3) is 0 Å². The summed E-state index contributed by atoms with van der Waals surface area (Å²) in [4.78, 5) is 0. The fourth-order valence-corrected chi connectivity index (χ4v) is 3.92. The molecular weight excluding hydrogens is 246 g/mol. The minimum Gasteiger partial charge on any atom is -0.364 e. The van der Waals surface area contributed by atoms with E-state index in [9.17, 15) is 0 Å². The zero-order valence-corrected chi connectivity index (χ0v) is 12.2. The fraction of sp³-hybridized carbons (Fsp3) is 0.667. The Bertz CT molecular complexity index is 469. The van der Waals surface area contributed by atoms with Crippen LogP contribution in [-0.2, 0) is 4.74 Å². The summed E-state index contributed by atoms with van der Waals surface area (Å²) in [7, 11) is 0. The number of benzene rings is 1. The molecule has 1 aromatic carbocycles. The van der Waals surface area contributed by atoms with Crippen molar-refractivity contribution in [3.05, 3.63) is 35.4 Å². The largest absolute Gasteiger partial charge is 0.364 e. The highest BCUT2D eigenvalue weighted by molar-refractivity contribution is 5.31. The van der Waals surface area contributed by atoms with Crippen molar-refractivity contribution in [2.75, 3.05) is 13.1 Å². The average molecular weight is 271 g/mol. The van der Waals surface area contributed by atoms with Gasteiger partial charge in [0, 0.05) is 13.1 Å². The SMILES string of the molecule is c1cc(C2CC2)cc(C2CNCC3(CCCCC3)O2)c1. The average Bonchev–Trinajstić information content (AvgIpc) is 3.33. The van der Waals surface area contributed by atoms with Gasteiger partial charge in [-0.3, -0.25) is 0 Å². The second kappa shape index (κ2) is 5.16. The molecule has 1 saturated heterocycles. The maximum Gasteiger partial charge on any atom is 0.0957 e. The first-order chi connectivity index (χ1) is 9.85. The molecule has 3 aliphatic rings. The Morgan fingerprint density at radius 1 is 1.05 bits per heavy atom. The molecule has 2 heteroatoms. The summed E-state index contributed by atoms with van der Waals surface area (Å²) < 4.78 is 6.59. The highest BCUT2D eigenvalue weighted by Gasteiger charge is 2.38. The molecule has 0 aromatic heterocycles. The van der Waals surface area contributed by atoms with Crippen molar-refractivity contribution in [3.63, 3.8) is 0 Å². The third kappa shape index (κ3) is 2.51. The Hall–Kier alpha value is -0.860. The molecule has 2 aliphatic carbocycles. The van der Waals surface area contributed by atoms with Crippen molar-refractivity contribution >= 4 is 0 Å². The Kier molecular flexibility index (Phi) is 3.31. The maximum absolute atomic E-state index is 6.59. The third-order valence-electron chi connectivity index (χ3n) is 5.27. The van der Waals surface area contributed by atoms with Crippen molar-refractivity contribution in [2.24, 2.45) is 0 Å². The van der Waals surface area contributed by atoms with Gasteiger partial charge in [0.2, 0.25) is 0 Å². The van der Waals surface area contributed by atoms with Crippen LogP contribution in [0.2, 0.25) is 0 Å². The van der Waals surface area contributed by atoms with Crippen LogP contribution in [0.5, 0.6) is 0 Å². The van der Waals surface area contributed by atoms with Gasteiger partial charge in [-0.2, -0.15) is 0 Å². The number of nitrogens with one attached hydrogen (secondary N) is 1. The van der Waals surface area contributed by atoms with Gasteiger partial charge in [0.05, 0.1) is 11.7 Å². The molecule has 1 N–H and O–H groups in total. The molecule has 1 unspecified atom stereocenters. The highest BCUT2D eigenvalue weighted by atomic mass is 16.5. The quantitative estimate of drug-likeness (QED) is 0.880. The van der Waals surface area contributed by atoms with Crippen molar-refractivity contribution in [3.8, 4) is 0 Å². The van der Waals surface area contributed by atoms with Crippen molar-refractivity contribution < 1.29 is 4.74 Å². The zero-order valence-electron chi connectivity index (χ0n) is 12.2. The molecule has 2 nitrogen and oxygen atoms in total. The molecule has 2 saturated carbocycles. The molecule has 1 heterocycles. The third-order valence-corrected chi connectivity index (χ3v) is 5.27. The number of hydrogen-bond acceptors (Lipinski definition) is 2. The monoisotopic (exact) mass is 271 g/mol. The van der Waals surface area contributed by atoms with Crippen LogP contribution in [0, 0.1) is 0 Å². The van der Waals surface area contributed by atoms with Crippen LogP contribution in [0.1, 0.15) is 68.1 Å². The maximum atomic E-state index is 6.59. The van der Waals surface area contributed by atoms with E-state index in [0.29, 0.717) is 0 Å². The van der Waals surface area contributed by atoms with Gasteiger partial charge < -0.3 is 10.1 Å². The van der Waals surface area contributed by atoms with E-state index in [0.717, 1.165) is 19.0 Å². The Balaban J connectivity index is 1.53. The summed E-state index contributed by atoms with van der Waals surface area (Å²) in [5.74, 6) is 0.829. The summed E-state index contributed by atoms with van der Waals surface area (Å²) in [6, 6.07) is 9.15. The second-order valence-corrected chi connectivity index (χ2v) is 6.93. The summed E-state index contributed by atoms with van der Waals surface area (Å²) in [6.45, 7) is 2.02. The molecule has 1 aliphatic heterocycles. The minimum absolute atomic E-state index is 0.122. The second-order valence-electron chi connectivity index (χ2n) is 6.93. The van der Waals surface area contributed by atoms with E-state index >= 15 is 0 Å². The van der Waals surface area contributed by atoms with Gasteiger partial charge in [0.15, 0.2) is 0 Å². The van der Waals surface area contributed by atoms with E-state index in [1.807, 2.05) is 0 Å². The van der Waals surface area contributed by atoms with Crippen molar-refractivity contribution in [2.45, 2.75) is 62.6 Å². The molecule has 1 spiro atoms. The van der Waals surface area contributed by atoms with Crippen LogP contribution in [0.4, 0.5) is 0 Å². The van der Waals surface area contributed by atoms with Crippen molar-refractivity contribution in [1.29, 1.82) is 0 Å². The molecule has 4 rings (SSSR count). The van der Waals surface area contributed by atoms with E-state index < -0.39 is 0 Å². The molecule has 20 heavy (non-hydrogen) atoms.